The third-order valence-electron chi connectivity index (χ3n) is 5.27. The number of amides is 2. The van der Waals surface area contributed by atoms with Crippen molar-refractivity contribution in [1.29, 1.82) is 0 Å². The molecule has 0 bridgehead atoms. The van der Waals surface area contributed by atoms with E-state index >= 15 is 0 Å². The van der Waals surface area contributed by atoms with Crippen LogP contribution in [-0.4, -0.2) is 41.6 Å². The third-order valence-corrected chi connectivity index (χ3v) is 5.27. The van der Waals surface area contributed by atoms with Gasteiger partial charge in [0.15, 0.2) is 12.4 Å². The summed E-state index contributed by atoms with van der Waals surface area (Å²) in [6, 6.07) is 7.12. The lowest BCUT2D eigenvalue weighted by molar-refractivity contribution is -0.152. The Labute approximate surface area is 152 Å². The second-order valence-corrected chi connectivity index (χ2v) is 6.89. The van der Waals surface area contributed by atoms with Crippen LogP contribution < -0.4 is 0 Å². The van der Waals surface area contributed by atoms with E-state index in [-0.39, 0.29) is 29.4 Å². The van der Waals surface area contributed by atoms with Gasteiger partial charge in [-0.05, 0) is 24.8 Å². The number of hydrogen-bond acceptors (Lipinski definition) is 5. The SMILES string of the molecule is CCc1ccc(C(=O)COC(=O)CN2C(=O)C3CCCCC3C2=O)cc1. The molecule has 1 aromatic rings. The summed E-state index contributed by atoms with van der Waals surface area (Å²) >= 11 is 0. The minimum absolute atomic E-state index is 0.280. The summed E-state index contributed by atoms with van der Waals surface area (Å²) < 4.78 is 4.99. The Bertz CT molecular complexity index is 700. The van der Waals surface area contributed by atoms with Crippen molar-refractivity contribution in [2.45, 2.75) is 39.0 Å². The number of ether oxygens (including phenoxy) is 1. The van der Waals surface area contributed by atoms with Gasteiger partial charge in [0.25, 0.3) is 0 Å². The molecular formula is C20H23NO5. The first-order valence-electron chi connectivity index (χ1n) is 9.14. The average Bonchev–Trinajstić information content (AvgIpc) is 2.91. The van der Waals surface area contributed by atoms with Gasteiger partial charge in [-0.15, -0.1) is 0 Å². The highest BCUT2D eigenvalue weighted by Crippen LogP contribution is 2.37. The van der Waals surface area contributed by atoms with Crippen LogP contribution in [0.1, 0.15) is 48.5 Å². The van der Waals surface area contributed by atoms with Gasteiger partial charge >= 0.3 is 5.97 Å². The summed E-state index contributed by atoms with van der Waals surface area (Å²) in [5.41, 5.74) is 1.58. The molecule has 138 valence electrons. The van der Waals surface area contributed by atoms with E-state index in [0.29, 0.717) is 18.4 Å². The van der Waals surface area contributed by atoms with Crippen molar-refractivity contribution in [2.75, 3.05) is 13.2 Å². The summed E-state index contributed by atoms with van der Waals surface area (Å²) in [6.07, 6.45) is 4.15. The fraction of sp³-hybridized carbons (Fsp3) is 0.500. The summed E-state index contributed by atoms with van der Waals surface area (Å²) in [6.45, 7) is 1.22. The van der Waals surface area contributed by atoms with Crippen molar-refractivity contribution in [1.82, 2.24) is 4.90 Å². The molecule has 2 aliphatic rings. The number of nitrogens with zero attached hydrogens (tertiary/aromatic N) is 1. The fourth-order valence-corrected chi connectivity index (χ4v) is 3.72. The molecule has 26 heavy (non-hydrogen) atoms. The molecule has 0 radical (unpaired) electrons. The topological polar surface area (TPSA) is 80.8 Å². The van der Waals surface area contributed by atoms with E-state index < -0.39 is 19.1 Å². The standard InChI is InChI=1S/C20H23NO5/c1-2-13-7-9-14(10-8-13)17(22)12-26-18(23)11-21-19(24)15-5-3-4-6-16(15)20(21)25/h7-10,15-16H,2-6,11-12H2,1H3. The molecule has 1 aliphatic carbocycles. The highest BCUT2D eigenvalue weighted by atomic mass is 16.5. The van der Waals surface area contributed by atoms with Crippen LogP contribution in [0.2, 0.25) is 0 Å². The number of likely N-dealkylation sites (tertiary alicyclic amines) is 1. The smallest absolute Gasteiger partial charge is 0.326 e. The predicted octanol–water partition coefficient (Wildman–Crippen LogP) is 2.15. The third kappa shape index (κ3) is 3.69. The van der Waals surface area contributed by atoms with Crippen LogP contribution in [0.3, 0.4) is 0 Å². The highest BCUT2D eigenvalue weighted by molar-refractivity contribution is 6.07. The number of esters is 1. The molecule has 0 N–H and O–H groups in total. The molecule has 1 saturated heterocycles. The van der Waals surface area contributed by atoms with Crippen molar-refractivity contribution >= 4 is 23.6 Å². The fourth-order valence-electron chi connectivity index (χ4n) is 3.72. The number of rotatable bonds is 6. The monoisotopic (exact) mass is 357 g/mol. The average molecular weight is 357 g/mol. The molecule has 0 aromatic heterocycles. The number of carbonyl (C=O) groups excluding carboxylic acids is 4. The van der Waals surface area contributed by atoms with E-state index in [0.717, 1.165) is 29.7 Å². The lowest BCUT2D eigenvalue weighted by atomic mass is 9.81. The maximum absolute atomic E-state index is 12.3. The molecule has 1 aliphatic heterocycles. The second-order valence-electron chi connectivity index (χ2n) is 6.89. The van der Waals surface area contributed by atoms with Crippen LogP contribution in [0.15, 0.2) is 24.3 Å². The van der Waals surface area contributed by atoms with Gasteiger partial charge in [-0.2, -0.15) is 0 Å². The van der Waals surface area contributed by atoms with Gasteiger partial charge in [-0.25, -0.2) is 0 Å². The molecular weight excluding hydrogens is 334 g/mol. The Morgan fingerprint density at radius 2 is 1.62 bits per heavy atom. The number of carbonyl (C=O) groups is 4. The summed E-state index contributed by atoms with van der Waals surface area (Å²) in [4.78, 5) is 49.8. The zero-order valence-electron chi connectivity index (χ0n) is 14.9. The first kappa shape index (κ1) is 18.3. The zero-order valence-corrected chi connectivity index (χ0v) is 14.9. The number of fused-ring (bicyclic) bond motifs is 1. The number of aryl methyl sites for hydroxylation is 1. The number of ketones is 1. The highest BCUT2D eigenvalue weighted by Gasteiger charge is 2.48. The van der Waals surface area contributed by atoms with E-state index in [1.54, 1.807) is 12.1 Å². The lowest BCUT2D eigenvalue weighted by Crippen LogP contribution is -2.37. The van der Waals surface area contributed by atoms with Crippen LogP contribution in [0, 0.1) is 11.8 Å². The van der Waals surface area contributed by atoms with Crippen LogP contribution in [0.4, 0.5) is 0 Å². The summed E-state index contributed by atoms with van der Waals surface area (Å²) in [7, 11) is 0. The lowest BCUT2D eigenvalue weighted by Gasteiger charge is -2.19. The normalized spacial score (nSPS) is 22.3. The molecule has 2 fully saturated rings. The Morgan fingerprint density at radius 1 is 1.04 bits per heavy atom. The number of benzene rings is 1. The minimum Gasteiger partial charge on any atom is -0.456 e. The second kappa shape index (κ2) is 7.81. The molecule has 6 nitrogen and oxygen atoms in total. The quantitative estimate of drug-likeness (QED) is 0.443. The van der Waals surface area contributed by atoms with Crippen LogP contribution in [-0.2, 0) is 25.5 Å². The number of imide groups is 1. The van der Waals surface area contributed by atoms with E-state index in [1.807, 2.05) is 19.1 Å². The van der Waals surface area contributed by atoms with Gasteiger partial charge in [0, 0.05) is 5.56 Å². The van der Waals surface area contributed by atoms with Crippen LogP contribution in [0.25, 0.3) is 0 Å². The molecule has 2 atom stereocenters. The predicted molar refractivity (Wildman–Crippen MR) is 93.3 cm³/mol. The minimum atomic E-state index is -0.733. The van der Waals surface area contributed by atoms with Crippen molar-refractivity contribution < 1.29 is 23.9 Å². The van der Waals surface area contributed by atoms with Crippen molar-refractivity contribution in [3.05, 3.63) is 35.4 Å². The van der Waals surface area contributed by atoms with Gasteiger partial charge < -0.3 is 4.74 Å². The maximum atomic E-state index is 12.3. The summed E-state index contributed by atoms with van der Waals surface area (Å²) in [5.74, 6) is -2.18. The van der Waals surface area contributed by atoms with Gasteiger partial charge in [-0.1, -0.05) is 44.0 Å². The Kier molecular flexibility index (Phi) is 5.49. The molecule has 1 aromatic carbocycles. The van der Waals surface area contributed by atoms with Crippen LogP contribution >= 0.6 is 0 Å². The molecule has 3 rings (SSSR count). The van der Waals surface area contributed by atoms with Crippen molar-refractivity contribution in [3.8, 4) is 0 Å². The molecule has 2 unspecified atom stereocenters. The molecule has 1 heterocycles. The van der Waals surface area contributed by atoms with Gasteiger partial charge in [-0.3, -0.25) is 24.1 Å². The van der Waals surface area contributed by atoms with Crippen molar-refractivity contribution in [3.63, 3.8) is 0 Å². The molecule has 6 heteroatoms. The van der Waals surface area contributed by atoms with E-state index in [4.69, 9.17) is 4.74 Å². The largest absolute Gasteiger partial charge is 0.456 e. The molecule has 1 saturated carbocycles. The Hall–Kier alpha value is -2.50. The molecule has 2 amide bonds. The van der Waals surface area contributed by atoms with Gasteiger partial charge in [0.2, 0.25) is 11.8 Å². The molecule has 0 spiro atoms. The number of Topliss-reactive ketones (excluding diaryl/α,β-unsaturated/α-hetero) is 1. The summed E-state index contributed by atoms with van der Waals surface area (Å²) in [5, 5.41) is 0. The Morgan fingerprint density at radius 3 is 2.15 bits per heavy atom. The maximum Gasteiger partial charge on any atom is 0.326 e. The Balaban J connectivity index is 1.53. The van der Waals surface area contributed by atoms with Gasteiger partial charge in [0.05, 0.1) is 11.8 Å². The van der Waals surface area contributed by atoms with Gasteiger partial charge in [0.1, 0.15) is 6.54 Å². The van der Waals surface area contributed by atoms with Crippen molar-refractivity contribution in [2.24, 2.45) is 11.8 Å². The van der Waals surface area contributed by atoms with Crippen LogP contribution in [0.5, 0.6) is 0 Å². The van der Waals surface area contributed by atoms with E-state index in [9.17, 15) is 19.2 Å². The van der Waals surface area contributed by atoms with E-state index in [1.165, 1.54) is 0 Å². The van der Waals surface area contributed by atoms with E-state index in [2.05, 4.69) is 0 Å². The first-order valence-corrected chi connectivity index (χ1v) is 9.14. The zero-order chi connectivity index (χ0) is 18.7. The first-order chi connectivity index (χ1) is 12.5. The number of hydrogen-bond donors (Lipinski definition) is 0.